The molecule has 0 fully saturated rings. The molecule has 7 heteroatoms. The lowest BCUT2D eigenvalue weighted by molar-refractivity contribution is 0.823. The molecular formula is C9H9ClN6. The molecule has 3 N–H and O–H groups in total. The van der Waals surface area contributed by atoms with Crippen molar-refractivity contribution in [1.29, 1.82) is 5.41 Å². The summed E-state index contributed by atoms with van der Waals surface area (Å²) in [5, 5.41) is 11.9. The summed E-state index contributed by atoms with van der Waals surface area (Å²) in [4.78, 5) is 8.06. The van der Waals surface area contributed by atoms with E-state index in [-0.39, 0.29) is 5.84 Å². The molecule has 0 bridgehead atoms. The van der Waals surface area contributed by atoms with Crippen LogP contribution in [0.1, 0.15) is 11.4 Å². The van der Waals surface area contributed by atoms with Crippen LogP contribution in [0.5, 0.6) is 0 Å². The van der Waals surface area contributed by atoms with E-state index in [4.69, 9.17) is 22.7 Å². The normalized spacial score (nSPS) is 10.4. The third-order valence-electron chi connectivity index (χ3n) is 1.99. The Morgan fingerprint density at radius 3 is 2.62 bits per heavy atom. The number of rotatable bonds is 2. The lowest BCUT2D eigenvalue weighted by Crippen LogP contribution is -2.14. The van der Waals surface area contributed by atoms with Crippen molar-refractivity contribution in [1.82, 2.24) is 19.7 Å². The highest BCUT2D eigenvalue weighted by molar-refractivity contribution is 6.31. The quantitative estimate of drug-likeness (QED) is 0.599. The zero-order chi connectivity index (χ0) is 11.7. The average Bonchev–Trinajstić information content (AvgIpc) is 2.59. The van der Waals surface area contributed by atoms with Gasteiger partial charge in [0.1, 0.15) is 11.5 Å². The van der Waals surface area contributed by atoms with E-state index in [2.05, 4.69) is 15.1 Å². The predicted molar refractivity (Wildman–Crippen MR) is 59.9 cm³/mol. The molecule has 0 aliphatic carbocycles. The number of aromatic nitrogens is 4. The first-order valence-electron chi connectivity index (χ1n) is 4.46. The SMILES string of the molecule is Cc1nn(-c2cnc(C(=N)N)cn2)cc1Cl. The van der Waals surface area contributed by atoms with E-state index in [1.165, 1.54) is 17.1 Å². The van der Waals surface area contributed by atoms with Crippen molar-refractivity contribution in [2.75, 3.05) is 0 Å². The summed E-state index contributed by atoms with van der Waals surface area (Å²) in [6, 6.07) is 0. The zero-order valence-electron chi connectivity index (χ0n) is 8.48. The van der Waals surface area contributed by atoms with E-state index in [0.29, 0.717) is 16.5 Å². The van der Waals surface area contributed by atoms with Crippen LogP contribution in [0.2, 0.25) is 5.02 Å². The van der Waals surface area contributed by atoms with Gasteiger partial charge in [-0.2, -0.15) is 5.10 Å². The Kier molecular flexibility index (Phi) is 2.57. The minimum absolute atomic E-state index is 0.117. The van der Waals surface area contributed by atoms with E-state index in [0.717, 1.165) is 5.69 Å². The van der Waals surface area contributed by atoms with Crippen molar-refractivity contribution in [3.63, 3.8) is 0 Å². The highest BCUT2D eigenvalue weighted by Gasteiger charge is 2.06. The summed E-state index contributed by atoms with van der Waals surface area (Å²) >= 11 is 5.88. The Morgan fingerprint density at radius 2 is 2.19 bits per heavy atom. The van der Waals surface area contributed by atoms with Gasteiger partial charge >= 0.3 is 0 Å². The first kappa shape index (κ1) is 10.6. The maximum atomic E-state index is 7.18. The molecule has 0 aromatic carbocycles. The molecule has 0 aliphatic heterocycles. The van der Waals surface area contributed by atoms with Gasteiger partial charge in [-0.15, -0.1) is 0 Å². The predicted octanol–water partition coefficient (Wildman–Crippen LogP) is 0.908. The number of nitrogens with zero attached hydrogens (tertiary/aromatic N) is 4. The standard InChI is InChI=1S/C9H9ClN6/c1-5-6(10)4-16(15-5)8-3-13-7(2-14-8)9(11)12/h2-4H,1H3,(H3,11,12). The summed E-state index contributed by atoms with van der Waals surface area (Å²) in [7, 11) is 0. The van der Waals surface area contributed by atoms with Gasteiger partial charge < -0.3 is 5.73 Å². The Balaban J connectivity index is 2.38. The maximum Gasteiger partial charge on any atom is 0.171 e. The molecule has 0 saturated heterocycles. The van der Waals surface area contributed by atoms with Gasteiger partial charge in [0, 0.05) is 0 Å². The Labute approximate surface area is 96.6 Å². The van der Waals surface area contributed by atoms with Crippen LogP contribution in [-0.2, 0) is 0 Å². The Hall–Kier alpha value is -1.95. The second-order valence-electron chi connectivity index (χ2n) is 3.18. The summed E-state index contributed by atoms with van der Waals surface area (Å²) in [5.41, 5.74) is 6.32. The number of halogens is 1. The molecule has 16 heavy (non-hydrogen) atoms. The number of nitrogens with one attached hydrogen (secondary N) is 1. The van der Waals surface area contributed by atoms with Crippen LogP contribution in [0, 0.1) is 12.3 Å². The van der Waals surface area contributed by atoms with E-state index in [1.807, 2.05) is 0 Å². The molecule has 82 valence electrons. The summed E-state index contributed by atoms with van der Waals surface area (Å²) < 4.78 is 1.52. The Bertz CT molecular complexity index is 510. The van der Waals surface area contributed by atoms with Gasteiger partial charge in [0.15, 0.2) is 5.82 Å². The van der Waals surface area contributed by atoms with Gasteiger partial charge in [-0.1, -0.05) is 11.6 Å². The monoisotopic (exact) mass is 236 g/mol. The molecule has 2 heterocycles. The molecule has 0 atom stereocenters. The summed E-state index contributed by atoms with van der Waals surface area (Å²) in [5.74, 6) is 0.411. The molecule has 2 rings (SSSR count). The van der Waals surface area contributed by atoms with Crippen molar-refractivity contribution in [2.24, 2.45) is 5.73 Å². The van der Waals surface area contributed by atoms with E-state index >= 15 is 0 Å². The van der Waals surface area contributed by atoms with Crippen molar-refractivity contribution in [3.05, 3.63) is 35.0 Å². The minimum atomic E-state index is -0.117. The van der Waals surface area contributed by atoms with E-state index in [9.17, 15) is 0 Å². The first-order chi connectivity index (χ1) is 7.58. The van der Waals surface area contributed by atoms with Crippen LogP contribution in [0.15, 0.2) is 18.6 Å². The molecule has 0 unspecified atom stereocenters. The zero-order valence-corrected chi connectivity index (χ0v) is 9.23. The number of amidine groups is 1. The first-order valence-corrected chi connectivity index (χ1v) is 4.84. The lowest BCUT2D eigenvalue weighted by atomic mass is 10.4. The highest BCUT2D eigenvalue weighted by Crippen LogP contribution is 2.14. The van der Waals surface area contributed by atoms with E-state index < -0.39 is 0 Å². The molecular weight excluding hydrogens is 228 g/mol. The second-order valence-corrected chi connectivity index (χ2v) is 3.59. The molecule has 6 nitrogen and oxygen atoms in total. The molecule has 0 amide bonds. The Morgan fingerprint density at radius 1 is 1.44 bits per heavy atom. The van der Waals surface area contributed by atoms with Crippen LogP contribution in [0.4, 0.5) is 0 Å². The number of hydrogen-bond donors (Lipinski definition) is 2. The lowest BCUT2D eigenvalue weighted by Gasteiger charge is -2.00. The number of nitrogen functional groups attached to an aromatic ring is 1. The fraction of sp³-hybridized carbons (Fsp3) is 0.111. The van der Waals surface area contributed by atoms with Gasteiger partial charge in [0.05, 0.1) is 29.3 Å². The molecule has 0 saturated carbocycles. The largest absolute Gasteiger partial charge is 0.382 e. The van der Waals surface area contributed by atoms with Crippen molar-refractivity contribution in [2.45, 2.75) is 6.92 Å². The van der Waals surface area contributed by atoms with Crippen molar-refractivity contribution >= 4 is 17.4 Å². The fourth-order valence-corrected chi connectivity index (χ4v) is 1.27. The van der Waals surface area contributed by atoms with Crippen LogP contribution in [-0.4, -0.2) is 25.6 Å². The number of aryl methyl sites for hydroxylation is 1. The molecule has 2 aromatic rings. The molecule has 0 aliphatic rings. The topological polar surface area (TPSA) is 93.5 Å². The number of hydrogen-bond acceptors (Lipinski definition) is 4. The van der Waals surface area contributed by atoms with Gasteiger partial charge in [-0.05, 0) is 6.92 Å². The van der Waals surface area contributed by atoms with Gasteiger partial charge in [0.2, 0.25) is 0 Å². The minimum Gasteiger partial charge on any atom is -0.382 e. The van der Waals surface area contributed by atoms with Gasteiger partial charge in [0.25, 0.3) is 0 Å². The second kappa shape index (κ2) is 3.90. The van der Waals surface area contributed by atoms with Crippen LogP contribution in [0.25, 0.3) is 5.82 Å². The average molecular weight is 237 g/mol. The molecule has 0 spiro atoms. The molecule has 0 radical (unpaired) electrons. The van der Waals surface area contributed by atoms with Crippen LogP contribution < -0.4 is 5.73 Å². The summed E-state index contributed by atoms with van der Waals surface area (Å²) in [6.45, 7) is 1.80. The maximum absolute atomic E-state index is 7.18. The molecule has 2 aromatic heterocycles. The van der Waals surface area contributed by atoms with Gasteiger partial charge in [-0.25, -0.2) is 14.6 Å². The fourth-order valence-electron chi connectivity index (χ4n) is 1.13. The van der Waals surface area contributed by atoms with Gasteiger partial charge in [-0.3, -0.25) is 5.41 Å². The highest BCUT2D eigenvalue weighted by atomic mass is 35.5. The number of nitrogens with two attached hydrogens (primary N) is 1. The van der Waals surface area contributed by atoms with Crippen LogP contribution in [0.3, 0.4) is 0 Å². The summed E-state index contributed by atoms with van der Waals surface area (Å²) in [6.07, 6.45) is 4.55. The van der Waals surface area contributed by atoms with E-state index in [1.54, 1.807) is 13.1 Å². The van der Waals surface area contributed by atoms with Crippen molar-refractivity contribution in [3.8, 4) is 5.82 Å². The third kappa shape index (κ3) is 1.87. The van der Waals surface area contributed by atoms with Crippen LogP contribution >= 0.6 is 11.6 Å². The van der Waals surface area contributed by atoms with Crippen molar-refractivity contribution < 1.29 is 0 Å². The smallest absolute Gasteiger partial charge is 0.171 e. The third-order valence-corrected chi connectivity index (χ3v) is 2.36.